The molecule has 1 N–H and O–H groups in total. The summed E-state index contributed by atoms with van der Waals surface area (Å²) in [5.74, 6) is -5.18. The number of likely N-dealkylation sites (tertiary alicyclic amines) is 2. The molecule has 6 aliphatic rings. The molecule has 1 aromatic carbocycles. The second-order valence-corrected chi connectivity index (χ2v) is 10.4. The van der Waals surface area contributed by atoms with Gasteiger partial charge in [0.2, 0.25) is 23.6 Å². The maximum Gasteiger partial charge on any atom is 0.252 e. The van der Waals surface area contributed by atoms with E-state index in [1.807, 2.05) is 6.08 Å². The summed E-state index contributed by atoms with van der Waals surface area (Å²) < 4.78 is 0. The van der Waals surface area contributed by atoms with Gasteiger partial charge in [-0.25, -0.2) is 0 Å². The van der Waals surface area contributed by atoms with E-state index in [0.717, 1.165) is 34.6 Å². The molecule has 2 bridgehead atoms. The van der Waals surface area contributed by atoms with E-state index in [1.165, 1.54) is 14.1 Å². The minimum atomic E-state index is -1.43. The maximum absolute atomic E-state index is 13.6. The molecule has 34 heavy (non-hydrogen) atoms. The van der Waals surface area contributed by atoms with Gasteiger partial charge in [-0.1, -0.05) is 42.7 Å². The lowest BCUT2D eigenvalue weighted by molar-refractivity contribution is -0.154. The van der Waals surface area contributed by atoms with Gasteiger partial charge in [0, 0.05) is 25.1 Å². The summed E-state index contributed by atoms with van der Waals surface area (Å²) in [6, 6.07) is 8.61. The third kappa shape index (κ3) is 2.31. The molecule has 4 atom stereocenters. The van der Waals surface area contributed by atoms with Crippen molar-refractivity contribution in [3.05, 3.63) is 47.5 Å². The van der Waals surface area contributed by atoms with Crippen LogP contribution < -0.4 is 5.32 Å². The lowest BCUT2D eigenvalue weighted by Gasteiger charge is -2.61. The van der Waals surface area contributed by atoms with Crippen molar-refractivity contribution in [3.8, 4) is 0 Å². The Morgan fingerprint density at radius 3 is 1.97 bits per heavy atom. The Balaban J connectivity index is 1.63. The third-order valence-corrected chi connectivity index (χ3v) is 9.11. The van der Waals surface area contributed by atoms with Crippen LogP contribution >= 0.6 is 0 Å². The van der Waals surface area contributed by atoms with Crippen LogP contribution in [0, 0.1) is 29.1 Å². The number of carbonyl (C=O) groups is 5. The Kier molecular flexibility index (Phi) is 4.29. The summed E-state index contributed by atoms with van der Waals surface area (Å²) in [6.45, 7) is 0. The zero-order valence-corrected chi connectivity index (χ0v) is 19.2. The Hall–Kier alpha value is -3.29. The summed E-state index contributed by atoms with van der Waals surface area (Å²) in [4.78, 5) is 70.2. The molecule has 2 aliphatic heterocycles. The Labute approximate surface area is 197 Å². The topological polar surface area (TPSA) is 104 Å². The maximum atomic E-state index is 13.6. The van der Waals surface area contributed by atoms with E-state index in [9.17, 15) is 24.0 Å². The molecule has 7 rings (SSSR count). The molecule has 5 amide bonds. The van der Waals surface area contributed by atoms with Crippen molar-refractivity contribution in [2.75, 3.05) is 14.1 Å². The van der Waals surface area contributed by atoms with Crippen molar-refractivity contribution in [1.29, 1.82) is 0 Å². The number of imide groups is 2. The van der Waals surface area contributed by atoms with Crippen LogP contribution in [-0.2, 0) is 19.2 Å². The largest absolute Gasteiger partial charge is 0.341 e. The van der Waals surface area contributed by atoms with E-state index in [1.54, 1.807) is 30.3 Å². The molecule has 1 spiro atoms. The zero-order valence-electron chi connectivity index (χ0n) is 19.2. The molecule has 2 saturated heterocycles. The first-order valence-electron chi connectivity index (χ1n) is 12.0. The number of nitrogens with zero attached hydrogens (tertiary/aromatic N) is 2. The van der Waals surface area contributed by atoms with Crippen LogP contribution in [0.3, 0.4) is 0 Å². The van der Waals surface area contributed by atoms with Crippen molar-refractivity contribution < 1.29 is 24.0 Å². The van der Waals surface area contributed by atoms with Crippen molar-refractivity contribution in [2.45, 2.75) is 37.6 Å². The smallest absolute Gasteiger partial charge is 0.252 e. The summed E-state index contributed by atoms with van der Waals surface area (Å²) in [5, 5.41) is 3.06. The highest BCUT2D eigenvalue weighted by atomic mass is 16.2. The number of benzene rings is 1. The SMILES string of the molecule is CN1C(=O)C2C(C1=O)C13CCCCCC1=CC2(NC(=O)c1ccccc1)C1C(=O)N(C)C(=O)C13. The number of hydrogen-bond donors (Lipinski definition) is 1. The van der Waals surface area contributed by atoms with Crippen LogP contribution in [0.25, 0.3) is 0 Å². The molecule has 0 aromatic heterocycles. The van der Waals surface area contributed by atoms with Crippen LogP contribution in [0.4, 0.5) is 0 Å². The van der Waals surface area contributed by atoms with E-state index in [4.69, 9.17) is 0 Å². The average Bonchev–Trinajstić information content (AvgIpc) is 3.11. The van der Waals surface area contributed by atoms with Gasteiger partial charge in [-0.15, -0.1) is 0 Å². The zero-order chi connectivity index (χ0) is 24.0. The molecular formula is C26H27N3O5. The van der Waals surface area contributed by atoms with Crippen molar-refractivity contribution in [1.82, 2.24) is 15.1 Å². The number of rotatable bonds is 2. The first kappa shape index (κ1) is 21.3. The monoisotopic (exact) mass is 461 g/mol. The molecule has 0 radical (unpaired) electrons. The summed E-state index contributed by atoms with van der Waals surface area (Å²) >= 11 is 0. The van der Waals surface area contributed by atoms with Gasteiger partial charge in [0.25, 0.3) is 5.91 Å². The summed E-state index contributed by atoms with van der Waals surface area (Å²) in [5.41, 5.74) is -0.950. The van der Waals surface area contributed by atoms with Crippen LogP contribution in [0.5, 0.6) is 0 Å². The predicted molar refractivity (Wildman–Crippen MR) is 120 cm³/mol. The van der Waals surface area contributed by atoms with E-state index in [2.05, 4.69) is 5.32 Å². The highest BCUT2D eigenvalue weighted by Crippen LogP contribution is 2.70. The first-order chi connectivity index (χ1) is 16.3. The highest BCUT2D eigenvalue weighted by Gasteiger charge is 2.80. The molecule has 1 aromatic rings. The molecule has 8 heteroatoms. The van der Waals surface area contributed by atoms with E-state index >= 15 is 0 Å². The van der Waals surface area contributed by atoms with E-state index < -0.39 is 52.3 Å². The minimum absolute atomic E-state index is 0.311. The van der Waals surface area contributed by atoms with Gasteiger partial charge in [0.05, 0.1) is 29.2 Å². The molecule has 176 valence electrons. The fourth-order valence-electron chi connectivity index (χ4n) is 7.74. The second kappa shape index (κ2) is 6.87. The minimum Gasteiger partial charge on any atom is -0.341 e. The average molecular weight is 462 g/mol. The van der Waals surface area contributed by atoms with E-state index in [-0.39, 0.29) is 11.8 Å². The van der Waals surface area contributed by atoms with Crippen LogP contribution in [-0.4, -0.2) is 59.0 Å². The van der Waals surface area contributed by atoms with Crippen molar-refractivity contribution in [3.63, 3.8) is 0 Å². The Morgan fingerprint density at radius 1 is 0.824 bits per heavy atom. The first-order valence-corrected chi connectivity index (χ1v) is 12.0. The number of hydrogen-bond acceptors (Lipinski definition) is 5. The Bertz CT molecular complexity index is 1140. The number of nitrogens with one attached hydrogen (secondary N) is 1. The third-order valence-electron chi connectivity index (χ3n) is 9.11. The van der Waals surface area contributed by atoms with Gasteiger partial charge in [-0.3, -0.25) is 33.8 Å². The number of amides is 5. The Morgan fingerprint density at radius 2 is 1.38 bits per heavy atom. The molecule has 8 nitrogen and oxygen atoms in total. The quantitative estimate of drug-likeness (QED) is 0.531. The van der Waals surface area contributed by atoms with Crippen LogP contribution in [0.2, 0.25) is 0 Å². The van der Waals surface area contributed by atoms with Crippen molar-refractivity contribution in [2.24, 2.45) is 29.1 Å². The highest BCUT2D eigenvalue weighted by molar-refractivity contribution is 6.13. The lowest BCUT2D eigenvalue weighted by Crippen LogP contribution is -2.73. The number of allylic oxidation sites excluding steroid dienone is 1. The standard InChI is InChI=1S/C26H27N3O5/c1-28-21(31)16-18(23(28)33)26(27-20(30)14-9-5-3-6-10-14)13-15-11-7-4-8-12-25(15,16)17-19(26)24(34)29(2)22(17)32/h3,5-6,9-10,13,16-19H,4,7-8,11-12H2,1-2H3,(H,27,30). The van der Waals surface area contributed by atoms with Crippen LogP contribution in [0.1, 0.15) is 42.5 Å². The fraction of sp³-hybridized carbons (Fsp3) is 0.500. The second-order valence-electron chi connectivity index (χ2n) is 10.4. The summed E-state index contributed by atoms with van der Waals surface area (Å²) in [7, 11) is 2.93. The molecular weight excluding hydrogens is 434 g/mol. The van der Waals surface area contributed by atoms with E-state index in [0.29, 0.717) is 18.4 Å². The normalized spacial score (nSPS) is 38.4. The molecule has 4 aliphatic carbocycles. The van der Waals surface area contributed by atoms with Gasteiger partial charge in [-0.05, 0) is 31.4 Å². The van der Waals surface area contributed by atoms with Gasteiger partial charge in [0.15, 0.2) is 0 Å². The van der Waals surface area contributed by atoms with Crippen molar-refractivity contribution >= 4 is 29.5 Å². The van der Waals surface area contributed by atoms with Gasteiger partial charge < -0.3 is 5.32 Å². The van der Waals surface area contributed by atoms with Crippen LogP contribution in [0.15, 0.2) is 42.0 Å². The fourth-order valence-corrected chi connectivity index (χ4v) is 7.74. The van der Waals surface area contributed by atoms with Gasteiger partial charge in [0.1, 0.15) is 0 Å². The predicted octanol–water partition coefficient (Wildman–Crippen LogP) is 1.52. The summed E-state index contributed by atoms with van der Waals surface area (Å²) in [6.07, 6.45) is 5.86. The molecule has 2 heterocycles. The number of carbonyl (C=O) groups excluding carboxylic acids is 5. The van der Waals surface area contributed by atoms with Gasteiger partial charge >= 0.3 is 0 Å². The molecule has 4 fully saturated rings. The van der Waals surface area contributed by atoms with Gasteiger partial charge in [-0.2, -0.15) is 0 Å². The lowest BCUT2D eigenvalue weighted by atomic mass is 9.40. The molecule has 4 unspecified atom stereocenters. The molecule has 2 saturated carbocycles.